The van der Waals surface area contributed by atoms with Crippen LogP contribution in [0.15, 0.2) is 24.3 Å². The number of anilines is 1. The molecule has 1 atom stereocenters. The van der Waals surface area contributed by atoms with Crippen LogP contribution in [0.5, 0.6) is 0 Å². The summed E-state index contributed by atoms with van der Waals surface area (Å²) in [5.74, 6) is 0.210. The Morgan fingerprint density at radius 3 is 2.62 bits per heavy atom. The zero-order valence-electron chi connectivity index (χ0n) is 12.1. The molecule has 0 heterocycles. The topological polar surface area (TPSA) is 79.2 Å². The van der Waals surface area contributed by atoms with Crippen LogP contribution in [0.1, 0.15) is 12.5 Å². The number of nitrogens with zero attached hydrogens (tertiary/aromatic N) is 1. The van der Waals surface area contributed by atoms with E-state index in [0.29, 0.717) is 17.9 Å². The zero-order chi connectivity index (χ0) is 15.7. The van der Waals surface area contributed by atoms with E-state index in [0.717, 1.165) is 5.56 Å². The van der Waals surface area contributed by atoms with E-state index >= 15 is 0 Å². The maximum Gasteiger partial charge on any atom is 0.309 e. The van der Waals surface area contributed by atoms with Gasteiger partial charge >= 0.3 is 5.97 Å². The summed E-state index contributed by atoms with van der Waals surface area (Å²) in [7, 11) is 1.35. The van der Waals surface area contributed by atoms with Crippen LogP contribution < -0.4 is 5.32 Å². The highest BCUT2D eigenvalue weighted by molar-refractivity contribution is 8.00. The number of nitrogens with one attached hydrogen (secondary N) is 1. The molecule has 1 rings (SSSR count). The van der Waals surface area contributed by atoms with Crippen molar-refractivity contribution in [3.63, 3.8) is 0 Å². The number of methoxy groups -OCH3 is 1. The molecule has 0 saturated heterocycles. The lowest BCUT2D eigenvalue weighted by molar-refractivity contribution is -0.144. The van der Waals surface area contributed by atoms with Crippen LogP contribution in [0, 0.1) is 17.2 Å². The summed E-state index contributed by atoms with van der Waals surface area (Å²) in [6, 6.07) is 9.23. The van der Waals surface area contributed by atoms with Crippen molar-refractivity contribution in [1.29, 1.82) is 5.26 Å². The minimum Gasteiger partial charge on any atom is -0.469 e. The first-order chi connectivity index (χ1) is 10.1. The van der Waals surface area contributed by atoms with Gasteiger partial charge in [0.25, 0.3) is 0 Å². The molecule has 0 aromatic heterocycles. The summed E-state index contributed by atoms with van der Waals surface area (Å²) in [5, 5.41) is 11.3. The molecule has 0 saturated carbocycles. The van der Waals surface area contributed by atoms with E-state index in [1.54, 1.807) is 19.1 Å². The highest BCUT2D eigenvalue weighted by Crippen LogP contribution is 2.13. The van der Waals surface area contributed by atoms with Crippen LogP contribution in [0.25, 0.3) is 0 Å². The van der Waals surface area contributed by atoms with Crippen LogP contribution in [-0.4, -0.2) is 30.5 Å². The molecule has 0 fully saturated rings. The second-order valence-electron chi connectivity index (χ2n) is 4.52. The summed E-state index contributed by atoms with van der Waals surface area (Å²) >= 11 is 1.39. The Morgan fingerprint density at radius 2 is 2.05 bits per heavy atom. The summed E-state index contributed by atoms with van der Waals surface area (Å²) < 4.78 is 4.62. The predicted molar refractivity (Wildman–Crippen MR) is 82.9 cm³/mol. The lowest BCUT2D eigenvalue weighted by Gasteiger charge is -2.09. The fourth-order valence-corrected chi connectivity index (χ4v) is 2.46. The lowest BCUT2D eigenvalue weighted by atomic mass is 10.1. The first-order valence-corrected chi connectivity index (χ1v) is 7.63. The predicted octanol–water partition coefficient (Wildman–Crippen LogP) is 2.23. The van der Waals surface area contributed by atoms with Gasteiger partial charge in [-0.25, -0.2) is 0 Å². The van der Waals surface area contributed by atoms with E-state index in [4.69, 9.17) is 5.26 Å². The molecule has 0 aliphatic carbocycles. The summed E-state index contributed by atoms with van der Waals surface area (Å²) in [6.45, 7) is 1.77. The number of esters is 1. The number of hydrogen-bond acceptors (Lipinski definition) is 5. The van der Waals surface area contributed by atoms with E-state index in [9.17, 15) is 9.59 Å². The molecular formula is C15H18N2O3S. The molecule has 0 aliphatic rings. The molecule has 1 aromatic rings. The number of carbonyl (C=O) groups is 2. The van der Waals surface area contributed by atoms with Gasteiger partial charge in [-0.15, -0.1) is 0 Å². The van der Waals surface area contributed by atoms with Crippen LogP contribution >= 0.6 is 11.8 Å². The van der Waals surface area contributed by atoms with Gasteiger partial charge in [-0.05, 0) is 17.7 Å². The molecule has 112 valence electrons. The van der Waals surface area contributed by atoms with Gasteiger partial charge in [0.1, 0.15) is 0 Å². The summed E-state index contributed by atoms with van der Waals surface area (Å²) in [5.41, 5.74) is 1.61. The molecule has 5 nitrogen and oxygen atoms in total. The van der Waals surface area contributed by atoms with E-state index in [1.165, 1.54) is 18.9 Å². The summed E-state index contributed by atoms with van der Waals surface area (Å²) in [4.78, 5) is 22.9. The minimum atomic E-state index is -0.268. The first kappa shape index (κ1) is 17.1. The molecule has 21 heavy (non-hydrogen) atoms. The second-order valence-corrected chi connectivity index (χ2v) is 5.55. The van der Waals surface area contributed by atoms with Gasteiger partial charge < -0.3 is 10.1 Å². The molecule has 1 amide bonds. The van der Waals surface area contributed by atoms with Crippen LogP contribution in [0.2, 0.25) is 0 Å². The van der Waals surface area contributed by atoms with Crippen molar-refractivity contribution in [3.05, 3.63) is 29.8 Å². The fraction of sp³-hybridized carbons (Fsp3) is 0.400. The second kappa shape index (κ2) is 9.03. The number of hydrogen-bond donors (Lipinski definition) is 1. The Morgan fingerprint density at radius 1 is 1.38 bits per heavy atom. The highest BCUT2D eigenvalue weighted by atomic mass is 32.2. The third-order valence-corrected chi connectivity index (χ3v) is 3.93. The van der Waals surface area contributed by atoms with E-state index in [1.807, 2.05) is 12.1 Å². The maximum absolute atomic E-state index is 11.7. The lowest BCUT2D eigenvalue weighted by Crippen LogP contribution is -2.18. The number of rotatable bonds is 7. The van der Waals surface area contributed by atoms with Crippen LogP contribution in [-0.2, 0) is 20.7 Å². The standard InChI is InChI=1S/C15H18N2O3S/c1-11(15(19)20-2)9-21-10-14(18)17-13-5-3-12(4-6-13)7-8-16/h3-6,11H,7,9-10H2,1-2H3,(H,17,18). The number of benzene rings is 1. The molecular weight excluding hydrogens is 288 g/mol. The normalized spacial score (nSPS) is 11.3. The third-order valence-electron chi connectivity index (χ3n) is 2.73. The smallest absolute Gasteiger partial charge is 0.309 e. The molecule has 0 spiro atoms. The van der Waals surface area contributed by atoms with Crippen molar-refractivity contribution in [2.24, 2.45) is 5.92 Å². The monoisotopic (exact) mass is 306 g/mol. The van der Waals surface area contributed by atoms with Crippen LogP contribution in [0.3, 0.4) is 0 Å². The Hall–Kier alpha value is -2.00. The number of carbonyl (C=O) groups excluding carboxylic acids is 2. The SMILES string of the molecule is COC(=O)C(C)CSCC(=O)Nc1ccc(CC#N)cc1. The van der Waals surface area contributed by atoms with Crippen molar-refractivity contribution in [2.75, 3.05) is 23.9 Å². The van der Waals surface area contributed by atoms with Crippen molar-refractivity contribution in [1.82, 2.24) is 0 Å². The third kappa shape index (κ3) is 6.32. The van der Waals surface area contributed by atoms with Gasteiger partial charge in [0.05, 0.1) is 31.3 Å². The molecule has 1 N–H and O–H groups in total. The fourth-order valence-electron chi connectivity index (χ4n) is 1.59. The largest absolute Gasteiger partial charge is 0.469 e. The van der Waals surface area contributed by atoms with Crippen molar-refractivity contribution >= 4 is 29.3 Å². The number of ether oxygens (including phenoxy) is 1. The zero-order valence-corrected chi connectivity index (χ0v) is 12.9. The molecule has 1 aromatic carbocycles. The number of nitriles is 1. The molecule has 0 bridgehead atoms. The van der Waals surface area contributed by atoms with Gasteiger partial charge in [-0.2, -0.15) is 17.0 Å². The van der Waals surface area contributed by atoms with Gasteiger partial charge in [0.2, 0.25) is 5.91 Å². The first-order valence-electron chi connectivity index (χ1n) is 6.48. The highest BCUT2D eigenvalue weighted by Gasteiger charge is 2.13. The molecule has 0 aliphatic heterocycles. The average molecular weight is 306 g/mol. The quantitative estimate of drug-likeness (QED) is 0.781. The summed E-state index contributed by atoms with van der Waals surface area (Å²) in [6.07, 6.45) is 0.357. The van der Waals surface area contributed by atoms with Crippen molar-refractivity contribution in [2.45, 2.75) is 13.3 Å². The van der Waals surface area contributed by atoms with Crippen LogP contribution in [0.4, 0.5) is 5.69 Å². The van der Waals surface area contributed by atoms with Gasteiger partial charge in [0.15, 0.2) is 0 Å². The average Bonchev–Trinajstić information content (AvgIpc) is 2.48. The Labute approximate surface area is 128 Å². The molecule has 0 radical (unpaired) electrons. The Kier molecular flexibility index (Phi) is 7.33. The number of thioether (sulfide) groups is 1. The van der Waals surface area contributed by atoms with E-state index < -0.39 is 0 Å². The maximum atomic E-state index is 11.7. The molecule has 1 unspecified atom stereocenters. The minimum absolute atomic E-state index is 0.120. The van der Waals surface area contributed by atoms with E-state index in [-0.39, 0.29) is 23.5 Å². The van der Waals surface area contributed by atoms with Gasteiger partial charge in [-0.3, -0.25) is 9.59 Å². The Balaban J connectivity index is 2.33. The Bertz CT molecular complexity index is 523. The molecule has 6 heteroatoms. The van der Waals surface area contributed by atoms with Crippen molar-refractivity contribution < 1.29 is 14.3 Å². The van der Waals surface area contributed by atoms with Gasteiger partial charge in [-0.1, -0.05) is 19.1 Å². The number of amides is 1. The van der Waals surface area contributed by atoms with Crippen molar-refractivity contribution in [3.8, 4) is 6.07 Å². The van der Waals surface area contributed by atoms with E-state index in [2.05, 4.69) is 16.1 Å². The van der Waals surface area contributed by atoms with Gasteiger partial charge in [0, 0.05) is 11.4 Å².